The van der Waals surface area contributed by atoms with Crippen molar-refractivity contribution in [2.24, 2.45) is 5.41 Å². The number of carbonyl (C=O) groups excluding carboxylic acids is 1. The van der Waals surface area contributed by atoms with Crippen LogP contribution < -0.4 is 5.32 Å². The third-order valence-electron chi connectivity index (χ3n) is 4.21. The van der Waals surface area contributed by atoms with Crippen molar-refractivity contribution in [2.45, 2.75) is 46.5 Å². The van der Waals surface area contributed by atoms with E-state index in [1.165, 1.54) is 11.1 Å². The van der Waals surface area contributed by atoms with E-state index >= 15 is 0 Å². The number of nitrogens with one attached hydrogen (secondary N) is 1. The van der Waals surface area contributed by atoms with Crippen LogP contribution in [0.4, 0.5) is 0 Å². The number of hydrogen-bond acceptors (Lipinski definition) is 1. The van der Waals surface area contributed by atoms with Gasteiger partial charge in [0, 0.05) is 24.3 Å². The highest BCUT2D eigenvalue weighted by atomic mass is 35.5. The van der Waals surface area contributed by atoms with Crippen molar-refractivity contribution in [3.05, 3.63) is 35.4 Å². The molecule has 0 saturated heterocycles. The number of alkyl halides is 1. The molecular formula is C17H26ClNO. The minimum absolute atomic E-state index is 0.0427. The zero-order valence-corrected chi connectivity index (χ0v) is 13.6. The van der Waals surface area contributed by atoms with E-state index in [9.17, 15) is 4.79 Å². The third-order valence-corrected chi connectivity index (χ3v) is 4.77. The molecule has 0 aliphatic carbocycles. The minimum atomic E-state index is 0.0427. The second-order valence-electron chi connectivity index (χ2n) is 5.60. The first kappa shape index (κ1) is 17.0. The summed E-state index contributed by atoms with van der Waals surface area (Å²) in [5.74, 6) is 0.708. The summed E-state index contributed by atoms with van der Waals surface area (Å²) in [7, 11) is 0. The average Bonchev–Trinajstić information content (AvgIpc) is 2.48. The molecule has 2 nitrogen and oxygen atoms in total. The second kappa shape index (κ2) is 8.31. The summed E-state index contributed by atoms with van der Waals surface area (Å²) in [6.07, 6.45) is 3.31. The highest BCUT2D eigenvalue weighted by molar-refractivity contribution is 6.18. The molecule has 0 unspecified atom stereocenters. The first-order valence-corrected chi connectivity index (χ1v) is 7.97. The number of hydrogen-bond donors (Lipinski definition) is 1. The van der Waals surface area contributed by atoms with Crippen molar-refractivity contribution in [1.82, 2.24) is 5.32 Å². The molecule has 0 fully saturated rings. The van der Waals surface area contributed by atoms with E-state index in [0.717, 1.165) is 19.3 Å². The fourth-order valence-electron chi connectivity index (χ4n) is 2.12. The molecule has 0 aliphatic heterocycles. The molecule has 1 N–H and O–H groups in total. The normalized spacial score (nSPS) is 11.4. The van der Waals surface area contributed by atoms with Crippen molar-refractivity contribution in [2.75, 3.05) is 12.4 Å². The molecule has 3 heteroatoms. The number of benzene rings is 1. The van der Waals surface area contributed by atoms with Gasteiger partial charge in [0.15, 0.2) is 0 Å². The molecule has 0 bridgehead atoms. The van der Waals surface area contributed by atoms with Crippen molar-refractivity contribution in [3.63, 3.8) is 0 Å². The average molecular weight is 296 g/mol. The van der Waals surface area contributed by atoms with Crippen LogP contribution >= 0.6 is 11.6 Å². The maximum absolute atomic E-state index is 11.9. The predicted molar refractivity (Wildman–Crippen MR) is 86.2 cm³/mol. The summed E-state index contributed by atoms with van der Waals surface area (Å²) in [5, 5.41) is 3.03. The van der Waals surface area contributed by atoms with Gasteiger partial charge in [0.05, 0.1) is 0 Å². The van der Waals surface area contributed by atoms with E-state index in [4.69, 9.17) is 11.6 Å². The summed E-state index contributed by atoms with van der Waals surface area (Å²) in [6, 6.07) is 8.34. The summed E-state index contributed by atoms with van der Waals surface area (Å²) in [6.45, 7) is 7.00. The summed E-state index contributed by atoms with van der Waals surface area (Å²) < 4.78 is 0. The molecule has 1 rings (SSSR count). The molecular weight excluding hydrogens is 270 g/mol. The third kappa shape index (κ3) is 5.16. The van der Waals surface area contributed by atoms with Crippen molar-refractivity contribution < 1.29 is 4.79 Å². The predicted octanol–water partition coefficient (Wildman–Crippen LogP) is 4.09. The van der Waals surface area contributed by atoms with Crippen LogP contribution in [0.2, 0.25) is 0 Å². The maximum atomic E-state index is 11.9. The van der Waals surface area contributed by atoms with Gasteiger partial charge in [-0.3, -0.25) is 4.79 Å². The van der Waals surface area contributed by atoms with Gasteiger partial charge < -0.3 is 5.32 Å². The van der Waals surface area contributed by atoms with Crippen LogP contribution in [0.5, 0.6) is 0 Å². The Morgan fingerprint density at radius 2 is 1.80 bits per heavy atom. The first-order chi connectivity index (χ1) is 9.55. The molecule has 1 amide bonds. The molecule has 0 heterocycles. The zero-order chi connectivity index (χ0) is 15.0. The van der Waals surface area contributed by atoms with Gasteiger partial charge in [0.25, 0.3) is 0 Å². The monoisotopic (exact) mass is 295 g/mol. The van der Waals surface area contributed by atoms with Crippen LogP contribution in [0.25, 0.3) is 0 Å². The SMILES string of the molecule is CCC(CC)(CCl)CNC(=O)CCc1ccc(C)cc1. The number of rotatable bonds is 8. The van der Waals surface area contributed by atoms with Crippen LogP contribution in [-0.4, -0.2) is 18.3 Å². The van der Waals surface area contributed by atoms with Crippen LogP contribution in [-0.2, 0) is 11.2 Å². The number of amides is 1. The van der Waals surface area contributed by atoms with Gasteiger partial charge in [0.2, 0.25) is 5.91 Å². The Hall–Kier alpha value is -1.02. The topological polar surface area (TPSA) is 29.1 Å². The zero-order valence-electron chi connectivity index (χ0n) is 12.8. The molecule has 0 aliphatic rings. The molecule has 0 aromatic heterocycles. The lowest BCUT2D eigenvalue weighted by atomic mass is 9.84. The van der Waals surface area contributed by atoms with Crippen LogP contribution in [0.1, 0.15) is 44.2 Å². The molecule has 0 radical (unpaired) electrons. The van der Waals surface area contributed by atoms with Gasteiger partial charge in [-0.05, 0) is 31.7 Å². The van der Waals surface area contributed by atoms with Crippen molar-refractivity contribution >= 4 is 17.5 Å². The van der Waals surface area contributed by atoms with Gasteiger partial charge in [-0.2, -0.15) is 0 Å². The van der Waals surface area contributed by atoms with Gasteiger partial charge >= 0.3 is 0 Å². The Labute approximate surface area is 127 Å². The Balaban J connectivity index is 2.38. The quantitative estimate of drug-likeness (QED) is 0.719. The molecule has 112 valence electrons. The van der Waals surface area contributed by atoms with Crippen LogP contribution in [0.15, 0.2) is 24.3 Å². The molecule has 1 aromatic carbocycles. The first-order valence-electron chi connectivity index (χ1n) is 7.43. The van der Waals surface area contributed by atoms with Gasteiger partial charge in [-0.15, -0.1) is 11.6 Å². The molecule has 0 atom stereocenters. The number of carbonyl (C=O) groups is 1. The van der Waals surface area contributed by atoms with Crippen LogP contribution in [0, 0.1) is 12.3 Å². The van der Waals surface area contributed by atoms with Crippen LogP contribution in [0.3, 0.4) is 0 Å². The van der Waals surface area contributed by atoms with E-state index in [1.54, 1.807) is 0 Å². The molecule has 0 saturated carbocycles. The second-order valence-corrected chi connectivity index (χ2v) is 5.87. The Morgan fingerprint density at radius 1 is 1.20 bits per heavy atom. The van der Waals surface area contributed by atoms with E-state index in [-0.39, 0.29) is 11.3 Å². The van der Waals surface area contributed by atoms with E-state index in [1.807, 2.05) is 0 Å². The molecule has 20 heavy (non-hydrogen) atoms. The fourth-order valence-corrected chi connectivity index (χ4v) is 2.60. The van der Waals surface area contributed by atoms with E-state index < -0.39 is 0 Å². The smallest absolute Gasteiger partial charge is 0.220 e. The number of aryl methyl sites for hydroxylation is 2. The Bertz CT molecular complexity index is 401. The largest absolute Gasteiger partial charge is 0.355 e. The van der Waals surface area contributed by atoms with Gasteiger partial charge in [0.1, 0.15) is 0 Å². The lowest BCUT2D eigenvalue weighted by Crippen LogP contribution is -2.38. The van der Waals surface area contributed by atoms with E-state index in [0.29, 0.717) is 18.8 Å². The van der Waals surface area contributed by atoms with Gasteiger partial charge in [-0.1, -0.05) is 43.7 Å². The maximum Gasteiger partial charge on any atom is 0.220 e. The van der Waals surface area contributed by atoms with E-state index in [2.05, 4.69) is 50.4 Å². The lowest BCUT2D eigenvalue weighted by Gasteiger charge is -2.29. The highest BCUT2D eigenvalue weighted by Crippen LogP contribution is 2.26. The minimum Gasteiger partial charge on any atom is -0.355 e. The summed E-state index contributed by atoms with van der Waals surface area (Å²) in [4.78, 5) is 11.9. The number of halogens is 1. The molecule has 1 aromatic rings. The van der Waals surface area contributed by atoms with Crippen molar-refractivity contribution in [3.8, 4) is 0 Å². The summed E-state index contributed by atoms with van der Waals surface area (Å²) >= 11 is 6.04. The summed E-state index contributed by atoms with van der Waals surface area (Å²) in [5.41, 5.74) is 2.50. The fraction of sp³-hybridized carbons (Fsp3) is 0.588. The Kier molecular flexibility index (Phi) is 7.08. The standard InChI is InChI=1S/C17H26ClNO/c1-4-17(5-2,12-18)13-19-16(20)11-10-15-8-6-14(3)7-9-15/h6-9H,4-5,10-13H2,1-3H3,(H,19,20). The highest BCUT2D eigenvalue weighted by Gasteiger charge is 2.25. The van der Waals surface area contributed by atoms with Gasteiger partial charge in [-0.25, -0.2) is 0 Å². The lowest BCUT2D eigenvalue weighted by molar-refractivity contribution is -0.121. The van der Waals surface area contributed by atoms with Crippen molar-refractivity contribution in [1.29, 1.82) is 0 Å². The molecule has 0 spiro atoms. The Morgan fingerprint density at radius 3 is 2.30 bits per heavy atom.